The van der Waals surface area contributed by atoms with Crippen LogP contribution in [0.4, 0.5) is 0 Å². The Balaban J connectivity index is 2.25. The molecule has 2 aromatic rings. The fraction of sp³-hybridized carbons (Fsp3) is 0.462. The Hall–Kier alpha value is -2.54. The van der Waals surface area contributed by atoms with E-state index in [0.717, 1.165) is 10.0 Å². The molecule has 33 heavy (non-hydrogen) atoms. The Labute approximate surface area is 205 Å². The molecule has 0 unspecified atom stereocenters. The van der Waals surface area contributed by atoms with Crippen molar-refractivity contribution in [3.8, 4) is 11.5 Å². The molecule has 2 aromatic carbocycles. The van der Waals surface area contributed by atoms with Crippen LogP contribution < -0.4 is 14.8 Å². The first kappa shape index (κ1) is 26.7. The Kier molecular flexibility index (Phi) is 10.2. The average molecular weight is 519 g/mol. The zero-order valence-corrected chi connectivity index (χ0v) is 21.9. The van der Waals surface area contributed by atoms with Gasteiger partial charge in [0, 0.05) is 12.6 Å². The van der Waals surface area contributed by atoms with Crippen LogP contribution in [-0.4, -0.2) is 42.5 Å². The van der Waals surface area contributed by atoms with E-state index in [4.69, 9.17) is 9.47 Å². The number of nitrogens with zero attached hydrogens (tertiary/aromatic N) is 1. The van der Waals surface area contributed by atoms with Crippen LogP contribution in [0.25, 0.3) is 0 Å². The number of methoxy groups -OCH3 is 1. The van der Waals surface area contributed by atoms with Gasteiger partial charge in [0.1, 0.15) is 17.5 Å². The molecule has 2 rings (SSSR count). The maximum Gasteiger partial charge on any atom is 0.261 e. The molecule has 0 saturated carbocycles. The number of hydrogen-bond donors (Lipinski definition) is 1. The first-order valence-electron chi connectivity index (χ1n) is 11.3. The van der Waals surface area contributed by atoms with Gasteiger partial charge in [0.25, 0.3) is 5.91 Å². The SMILES string of the molecule is CC[C@@H](C(=O)NC(C)C)N(Cc1cccc(OC)c1)C(=O)COc1ccc(C(C)C)cc1Br. The molecule has 1 N–H and O–H groups in total. The number of carbonyl (C=O) groups is 2. The molecular weight excluding hydrogens is 484 g/mol. The second-order valence-electron chi connectivity index (χ2n) is 8.59. The van der Waals surface area contributed by atoms with E-state index in [0.29, 0.717) is 23.8 Å². The van der Waals surface area contributed by atoms with E-state index in [1.54, 1.807) is 12.0 Å². The Morgan fingerprint density at radius 3 is 2.39 bits per heavy atom. The fourth-order valence-corrected chi connectivity index (χ4v) is 3.99. The highest BCUT2D eigenvalue weighted by Crippen LogP contribution is 2.29. The number of rotatable bonds is 11. The molecule has 180 valence electrons. The Morgan fingerprint density at radius 2 is 1.82 bits per heavy atom. The minimum absolute atomic E-state index is 0.0213. The van der Waals surface area contributed by atoms with E-state index >= 15 is 0 Å². The molecule has 0 aliphatic heterocycles. The largest absolute Gasteiger partial charge is 0.497 e. The number of hydrogen-bond acceptors (Lipinski definition) is 4. The third-order valence-corrected chi connectivity index (χ3v) is 5.90. The number of carbonyl (C=O) groups excluding carboxylic acids is 2. The summed E-state index contributed by atoms with van der Waals surface area (Å²) < 4.78 is 12.0. The van der Waals surface area contributed by atoms with Crippen LogP contribution in [0.3, 0.4) is 0 Å². The van der Waals surface area contributed by atoms with Crippen molar-refractivity contribution in [1.29, 1.82) is 0 Å². The Bertz CT molecular complexity index is 946. The lowest BCUT2D eigenvalue weighted by atomic mass is 10.0. The van der Waals surface area contributed by atoms with Crippen LogP contribution >= 0.6 is 15.9 Å². The normalized spacial score (nSPS) is 11.9. The van der Waals surface area contributed by atoms with Crippen LogP contribution in [0.15, 0.2) is 46.9 Å². The number of nitrogens with one attached hydrogen (secondary N) is 1. The number of ether oxygens (including phenoxy) is 2. The summed E-state index contributed by atoms with van der Waals surface area (Å²) >= 11 is 3.54. The van der Waals surface area contributed by atoms with Gasteiger partial charge in [0.15, 0.2) is 6.61 Å². The third kappa shape index (κ3) is 7.77. The van der Waals surface area contributed by atoms with Gasteiger partial charge < -0.3 is 19.7 Å². The summed E-state index contributed by atoms with van der Waals surface area (Å²) in [5.74, 6) is 1.24. The first-order valence-corrected chi connectivity index (χ1v) is 12.1. The number of benzene rings is 2. The van der Waals surface area contributed by atoms with Crippen molar-refractivity contribution in [1.82, 2.24) is 10.2 Å². The monoisotopic (exact) mass is 518 g/mol. The van der Waals surface area contributed by atoms with E-state index < -0.39 is 6.04 Å². The van der Waals surface area contributed by atoms with E-state index in [1.807, 2.05) is 63.2 Å². The molecule has 7 heteroatoms. The van der Waals surface area contributed by atoms with Crippen LogP contribution in [0, 0.1) is 0 Å². The lowest BCUT2D eigenvalue weighted by molar-refractivity contribution is -0.143. The second kappa shape index (κ2) is 12.6. The van der Waals surface area contributed by atoms with Crippen molar-refractivity contribution < 1.29 is 19.1 Å². The molecule has 0 aromatic heterocycles. The van der Waals surface area contributed by atoms with Gasteiger partial charge in [0.2, 0.25) is 5.91 Å². The predicted octanol–water partition coefficient (Wildman–Crippen LogP) is 5.29. The molecule has 2 amide bonds. The van der Waals surface area contributed by atoms with Crippen LogP contribution in [-0.2, 0) is 16.1 Å². The Morgan fingerprint density at radius 1 is 1.09 bits per heavy atom. The van der Waals surface area contributed by atoms with Gasteiger partial charge in [0.05, 0.1) is 11.6 Å². The summed E-state index contributed by atoms with van der Waals surface area (Å²) in [6, 6.07) is 12.7. The fourth-order valence-electron chi connectivity index (χ4n) is 3.48. The zero-order valence-electron chi connectivity index (χ0n) is 20.4. The number of halogens is 1. The van der Waals surface area contributed by atoms with Crippen molar-refractivity contribution in [3.63, 3.8) is 0 Å². The standard InChI is InChI=1S/C26H35BrN2O4/c1-7-23(26(31)28-18(4)5)29(15-19-9-8-10-21(13-19)32-6)25(30)16-33-24-12-11-20(17(2)3)14-22(24)27/h8-14,17-18,23H,7,15-16H2,1-6H3,(H,28,31)/t23-/m0/s1. The summed E-state index contributed by atoms with van der Waals surface area (Å²) in [6.07, 6.45) is 0.487. The van der Waals surface area contributed by atoms with Crippen molar-refractivity contribution >= 4 is 27.7 Å². The molecule has 0 fully saturated rings. The highest BCUT2D eigenvalue weighted by atomic mass is 79.9. The van der Waals surface area contributed by atoms with Gasteiger partial charge in [-0.05, 0) is 77.5 Å². The number of amides is 2. The summed E-state index contributed by atoms with van der Waals surface area (Å²) in [6.45, 7) is 10.1. The molecule has 0 aliphatic rings. The summed E-state index contributed by atoms with van der Waals surface area (Å²) in [5.41, 5.74) is 2.05. The minimum atomic E-state index is -0.610. The molecule has 0 saturated heterocycles. The predicted molar refractivity (Wildman–Crippen MR) is 135 cm³/mol. The smallest absolute Gasteiger partial charge is 0.261 e. The highest BCUT2D eigenvalue weighted by Gasteiger charge is 2.29. The average Bonchev–Trinajstić information content (AvgIpc) is 2.77. The van der Waals surface area contributed by atoms with E-state index in [1.165, 1.54) is 5.56 Å². The minimum Gasteiger partial charge on any atom is -0.497 e. The molecule has 0 bridgehead atoms. The lowest BCUT2D eigenvalue weighted by Crippen LogP contribution is -2.51. The molecule has 0 aliphatic carbocycles. The summed E-state index contributed by atoms with van der Waals surface area (Å²) in [7, 11) is 1.60. The topological polar surface area (TPSA) is 67.9 Å². The molecule has 1 atom stereocenters. The van der Waals surface area contributed by atoms with E-state index in [2.05, 4.69) is 35.1 Å². The van der Waals surface area contributed by atoms with Gasteiger partial charge in [-0.3, -0.25) is 9.59 Å². The lowest BCUT2D eigenvalue weighted by Gasteiger charge is -2.31. The van der Waals surface area contributed by atoms with Crippen molar-refractivity contribution in [2.75, 3.05) is 13.7 Å². The van der Waals surface area contributed by atoms with Gasteiger partial charge in [-0.1, -0.05) is 39.0 Å². The van der Waals surface area contributed by atoms with Crippen molar-refractivity contribution in [2.45, 2.75) is 65.6 Å². The maximum atomic E-state index is 13.3. The zero-order chi connectivity index (χ0) is 24.5. The van der Waals surface area contributed by atoms with Crippen LogP contribution in [0.2, 0.25) is 0 Å². The van der Waals surface area contributed by atoms with Gasteiger partial charge in [-0.25, -0.2) is 0 Å². The van der Waals surface area contributed by atoms with Crippen LogP contribution in [0.5, 0.6) is 11.5 Å². The van der Waals surface area contributed by atoms with Gasteiger partial charge in [-0.15, -0.1) is 0 Å². The van der Waals surface area contributed by atoms with E-state index in [9.17, 15) is 9.59 Å². The first-order chi connectivity index (χ1) is 15.7. The highest BCUT2D eigenvalue weighted by molar-refractivity contribution is 9.10. The summed E-state index contributed by atoms with van der Waals surface area (Å²) in [4.78, 5) is 27.8. The van der Waals surface area contributed by atoms with Crippen molar-refractivity contribution in [3.05, 3.63) is 58.1 Å². The molecular formula is C26H35BrN2O4. The van der Waals surface area contributed by atoms with Crippen LogP contribution in [0.1, 0.15) is 58.1 Å². The van der Waals surface area contributed by atoms with Gasteiger partial charge in [-0.2, -0.15) is 0 Å². The quantitative estimate of drug-likeness (QED) is 0.438. The van der Waals surface area contributed by atoms with Gasteiger partial charge >= 0.3 is 0 Å². The third-order valence-electron chi connectivity index (χ3n) is 5.28. The van der Waals surface area contributed by atoms with Crippen molar-refractivity contribution in [2.24, 2.45) is 0 Å². The summed E-state index contributed by atoms with van der Waals surface area (Å²) in [5, 5.41) is 2.93. The second-order valence-corrected chi connectivity index (χ2v) is 9.45. The molecule has 0 heterocycles. The molecule has 0 radical (unpaired) electrons. The maximum absolute atomic E-state index is 13.3. The molecule has 0 spiro atoms. The molecule has 6 nitrogen and oxygen atoms in total. The van der Waals surface area contributed by atoms with E-state index in [-0.39, 0.29) is 31.0 Å².